The van der Waals surface area contributed by atoms with Crippen LogP contribution in [0.5, 0.6) is 5.75 Å². The van der Waals surface area contributed by atoms with Gasteiger partial charge in [0.1, 0.15) is 30.8 Å². The van der Waals surface area contributed by atoms with E-state index >= 15 is 0 Å². The Bertz CT molecular complexity index is 991. The lowest BCUT2D eigenvalue weighted by molar-refractivity contribution is 0.291. The van der Waals surface area contributed by atoms with E-state index in [-0.39, 0.29) is 4.90 Å². The smallest absolute Gasteiger partial charge is 0.262 e. The molecule has 0 bridgehead atoms. The molecule has 0 fully saturated rings. The highest BCUT2D eigenvalue weighted by Crippen LogP contribution is 2.23. The minimum absolute atomic E-state index is 0.0244. The van der Waals surface area contributed by atoms with Gasteiger partial charge < -0.3 is 4.74 Å². The van der Waals surface area contributed by atoms with Crippen LogP contribution >= 0.6 is 0 Å². The number of benzene rings is 2. The first-order valence-corrected chi connectivity index (χ1v) is 9.26. The van der Waals surface area contributed by atoms with Crippen molar-refractivity contribution < 1.29 is 17.5 Å². The highest BCUT2D eigenvalue weighted by atomic mass is 32.2. The van der Waals surface area contributed by atoms with Crippen molar-refractivity contribution >= 4 is 15.7 Å². The van der Waals surface area contributed by atoms with Crippen LogP contribution in [-0.4, -0.2) is 29.8 Å². The Balaban J connectivity index is 1.69. The first-order chi connectivity index (χ1) is 12.4. The summed E-state index contributed by atoms with van der Waals surface area (Å²) in [5.74, 6) is 0.0328. The SMILES string of the molecule is Cc1cc(F)ccc1S(=O)(=O)Nc1cccc(OCCn2cncn2)c1. The number of nitrogens with one attached hydrogen (secondary N) is 1. The first-order valence-electron chi connectivity index (χ1n) is 7.78. The molecule has 1 heterocycles. The van der Waals surface area contributed by atoms with Gasteiger partial charge in [-0.05, 0) is 42.8 Å². The van der Waals surface area contributed by atoms with Crippen molar-refractivity contribution in [3.8, 4) is 5.75 Å². The molecule has 0 aliphatic heterocycles. The number of aryl methyl sites for hydroxylation is 1. The van der Waals surface area contributed by atoms with Crippen LogP contribution in [0.3, 0.4) is 0 Å². The van der Waals surface area contributed by atoms with E-state index in [4.69, 9.17) is 4.74 Å². The topological polar surface area (TPSA) is 86.1 Å². The van der Waals surface area contributed by atoms with Gasteiger partial charge in [0.05, 0.1) is 17.1 Å². The molecule has 0 atom stereocenters. The number of halogens is 1. The Kier molecular flexibility index (Phi) is 5.17. The molecule has 0 saturated heterocycles. The number of aromatic nitrogens is 3. The van der Waals surface area contributed by atoms with E-state index < -0.39 is 15.8 Å². The zero-order valence-corrected chi connectivity index (χ0v) is 14.8. The molecule has 0 aliphatic rings. The van der Waals surface area contributed by atoms with E-state index in [1.807, 2.05) is 0 Å². The lowest BCUT2D eigenvalue weighted by Gasteiger charge is -2.12. The summed E-state index contributed by atoms with van der Waals surface area (Å²) in [5, 5.41) is 3.97. The summed E-state index contributed by atoms with van der Waals surface area (Å²) in [6.45, 7) is 2.42. The van der Waals surface area contributed by atoms with Crippen LogP contribution in [0.4, 0.5) is 10.1 Å². The van der Waals surface area contributed by atoms with Gasteiger partial charge in [0.15, 0.2) is 0 Å². The molecule has 0 unspecified atom stereocenters. The normalized spacial score (nSPS) is 11.3. The number of hydrogen-bond donors (Lipinski definition) is 1. The Morgan fingerprint density at radius 3 is 2.81 bits per heavy atom. The fourth-order valence-corrected chi connectivity index (χ4v) is 3.66. The maximum Gasteiger partial charge on any atom is 0.262 e. The number of nitrogens with zero attached hydrogens (tertiary/aromatic N) is 3. The molecular weight excluding hydrogens is 359 g/mol. The van der Waals surface area contributed by atoms with Crippen molar-refractivity contribution in [1.29, 1.82) is 0 Å². The molecule has 2 aromatic carbocycles. The third-order valence-corrected chi connectivity index (χ3v) is 5.11. The third kappa shape index (κ3) is 4.37. The van der Waals surface area contributed by atoms with Crippen LogP contribution in [0.1, 0.15) is 5.56 Å². The van der Waals surface area contributed by atoms with Gasteiger partial charge in [0.2, 0.25) is 0 Å². The molecule has 26 heavy (non-hydrogen) atoms. The standard InChI is InChI=1S/C17H17FN4O3S/c1-13-9-14(18)5-6-17(13)26(23,24)21-15-3-2-4-16(10-15)25-8-7-22-12-19-11-20-22/h2-6,9-12,21H,7-8H2,1H3. The summed E-state index contributed by atoms with van der Waals surface area (Å²) < 4.78 is 48.0. The zero-order chi connectivity index (χ0) is 18.6. The predicted octanol–water partition coefficient (Wildman–Crippen LogP) is 2.61. The lowest BCUT2D eigenvalue weighted by atomic mass is 10.2. The molecule has 0 radical (unpaired) electrons. The molecule has 0 spiro atoms. The molecule has 0 saturated carbocycles. The quantitative estimate of drug-likeness (QED) is 0.685. The molecule has 1 aromatic heterocycles. The zero-order valence-electron chi connectivity index (χ0n) is 14.0. The highest BCUT2D eigenvalue weighted by molar-refractivity contribution is 7.92. The number of ether oxygens (including phenoxy) is 1. The molecule has 0 aliphatic carbocycles. The number of sulfonamides is 1. The fraction of sp³-hybridized carbons (Fsp3) is 0.176. The van der Waals surface area contributed by atoms with Crippen molar-refractivity contribution in [1.82, 2.24) is 14.8 Å². The third-order valence-electron chi connectivity index (χ3n) is 3.57. The van der Waals surface area contributed by atoms with E-state index in [0.29, 0.717) is 30.2 Å². The minimum atomic E-state index is -3.83. The Labute approximate surface area is 150 Å². The van der Waals surface area contributed by atoms with Gasteiger partial charge in [-0.15, -0.1) is 0 Å². The predicted molar refractivity (Wildman–Crippen MR) is 93.9 cm³/mol. The van der Waals surface area contributed by atoms with Crippen LogP contribution in [0.2, 0.25) is 0 Å². The van der Waals surface area contributed by atoms with E-state index in [1.165, 1.54) is 18.5 Å². The summed E-state index contributed by atoms with van der Waals surface area (Å²) in [4.78, 5) is 3.86. The van der Waals surface area contributed by atoms with E-state index in [0.717, 1.165) is 6.07 Å². The van der Waals surface area contributed by atoms with Crippen molar-refractivity contribution in [3.63, 3.8) is 0 Å². The number of anilines is 1. The summed E-state index contributed by atoms with van der Waals surface area (Å²) in [7, 11) is -3.83. The van der Waals surface area contributed by atoms with E-state index in [9.17, 15) is 12.8 Å². The molecule has 1 N–H and O–H groups in total. The Hall–Kier alpha value is -2.94. The Morgan fingerprint density at radius 1 is 1.23 bits per heavy atom. The average molecular weight is 376 g/mol. The van der Waals surface area contributed by atoms with Crippen molar-refractivity contribution in [2.75, 3.05) is 11.3 Å². The van der Waals surface area contributed by atoms with Crippen molar-refractivity contribution in [3.05, 3.63) is 66.5 Å². The molecule has 0 amide bonds. The van der Waals surface area contributed by atoms with Gasteiger partial charge in [-0.1, -0.05) is 6.07 Å². The summed E-state index contributed by atoms with van der Waals surface area (Å²) >= 11 is 0. The molecule has 3 aromatic rings. The minimum Gasteiger partial charge on any atom is -0.492 e. The highest BCUT2D eigenvalue weighted by Gasteiger charge is 2.17. The fourth-order valence-electron chi connectivity index (χ4n) is 2.38. The number of hydrogen-bond acceptors (Lipinski definition) is 5. The van der Waals surface area contributed by atoms with Gasteiger partial charge in [0.25, 0.3) is 10.0 Å². The van der Waals surface area contributed by atoms with Gasteiger partial charge in [-0.3, -0.25) is 4.72 Å². The van der Waals surface area contributed by atoms with Crippen LogP contribution in [0.25, 0.3) is 0 Å². The van der Waals surface area contributed by atoms with Crippen LogP contribution in [0.15, 0.2) is 60.0 Å². The van der Waals surface area contributed by atoms with Crippen LogP contribution < -0.4 is 9.46 Å². The summed E-state index contributed by atoms with van der Waals surface area (Å²) in [6.07, 6.45) is 3.02. The van der Waals surface area contributed by atoms with Crippen molar-refractivity contribution in [2.24, 2.45) is 0 Å². The molecule has 3 rings (SSSR count). The average Bonchev–Trinajstić information content (AvgIpc) is 3.08. The second-order valence-corrected chi connectivity index (χ2v) is 7.20. The van der Waals surface area contributed by atoms with Crippen LogP contribution in [-0.2, 0) is 16.6 Å². The van der Waals surface area contributed by atoms with E-state index in [1.54, 1.807) is 42.2 Å². The largest absolute Gasteiger partial charge is 0.492 e. The van der Waals surface area contributed by atoms with Crippen molar-refractivity contribution in [2.45, 2.75) is 18.4 Å². The van der Waals surface area contributed by atoms with Gasteiger partial charge in [-0.25, -0.2) is 22.5 Å². The molecular formula is C17H17FN4O3S. The number of rotatable bonds is 7. The maximum atomic E-state index is 13.2. The summed E-state index contributed by atoms with van der Waals surface area (Å²) in [6, 6.07) is 10.1. The Morgan fingerprint density at radius 2 is 2.08 bits per heavy atom. The van der Waals surface area contributed by atoms with Gasteiger partial charge in [0, 0.05) is 6.07 Å². The second-order valence-electron chi connectivity index (χ2n) is 5.55. The first kappa shape index (κ1) is 17.9. The van der Waals surface area contributed by atoms with Gasteiger partial charge in [-0.2, -0.15) is 5.10 Å². The molecule has 9 heteroatoms. The van der Waals surface area contributed by atoms with E-state index in [2.05, 4.69) is 14.8 Å². The molecule has 7 nitrogen and oxygen atoms in total. The summed E-state index contributed by atoms with van der Waals surface area (Å²) in [5.41, 5.74) is 0.685. The maximum absolute atomic E-state index is 13.2. The van der Waals surface area contributed by atoms with Gasteiger partial charge >= 0.3 is 0 Å². The second kappa shape index (κ2) is 7.52. The lowest BCUT2D eigenvalue weighted by Crippen LogP contribution is -2.14. The van der Waals surface area contributed by atoms with Crippen LogP contribution in [0, 0.1) is 12.7 Å². The molecule has 136 valence electrons. The monoisotopic (exact) mass is 376 g/mol.